The zero-order valence-corrected chi connectivity index (χ0v) is 30.9. The first-order chi connectivity index (χ1) is 25.2. The van der Waals surface area contributed by atoms with Crippen molar-refractivity contribution in [3.05, 3.63) is 99.9 Å². The summed E-state index contributed by atoms with van der Waals surface area (Å²) in [5, 5.41) is 27.4. The Hall–Kier alpha value is -5.14. The zero-order chi connectivity index (χ0) is 39.1. The van der Waals surface area contributed by atoms with Gasteiger partial charge in [-0.05, 0) is 111 Å². The van der Waals surface area contributed by atoms with E-state index in [9.17, 15) is 38.6 Å². The standard InChI is InChI=1S/C40H52FN5O7/c1-25-19-30(20-26(2)27(25)3)21-34(42)38(51)45-35(24-48)39(52)43-18-6-5-7-32(23-47)44-40(53)36(22-29-10-15-33(49)16-11-29)46(4)37(50)17-12-28-8-13-31(41)14-9-28/h8-11,13-16,19-20,23,32,34-36,48-49H,5-7,12,17-18,21-22,24,42H2,1-4H3,(H,43,52)(H,44,53)(H,45,51)/t32-,34+,35+,36+/m1/s1. The molecule has 3 aromatic carbocycles. The van der Waals surface area contributed by atoms with Crippen LogP contribution in [-0.2, 0) is 43.2 Å². The predicted molar refractivity (Wildman–Crippen MR) is 199 cm³/mol. The summed E-state index contributed by atoms with van der Waals surface area (Å²) in [4.78, 5) is 65.5. The van der Waals surface area contributed by atoms with Crippen LogP contribution in [0.5, 0.6) is 5.75 Å². The summed E-state index contributed by atoms with van der Waals surface area (Å²) in [6.07, 6.45) is 2.56. The third-order valence-corrected chi connectivity index (χ3v) is 9.40. The third kappa shape index (κ3) is 13.4. The maximum absolute atomic E-state index is 13.5. The number of phenols is 1. The summed E-state index contributed by atoms with van der Waals surface area (Å²) in [6, 6.07) is 12.1. The van der Waals surface area contributed by atoms with Gasteiger partial charge in [0.05, 0.1) is 18.7 Å². The number of carbonyl (C=O) groups is 5. The Bertz CT molecular complexity index is 1680. The number of benzene rings is 3. The van der Waals surface area contributed by atoms with Gasteiger partial charge >= 0.3 is 0 Å². The van der Waals surface area contributed by atoms with Gasteiger partial charge in [0.25, 0.3) is 0 Å². The number of halogens is 1. The largest absolute Gasteiger partial charge is 0.508 e. The van der Waals surface area contributed by atoms with Crippen LogP contribution in [0.2, 0.25) is 0 Å². The number of aldehydes is 1. The van der Waals surface area contributed by atoms with Gasteiger partial charge in [-0.1, -0.05) is 36.4 Å². The summed E-state index contributed by atoms with van der Waals surface area (Å²) in [6.45, 7) is 5.56. The highest BCUT2D eigenvalue weighted by atomic mass is 19.1. The van der Waals surface area contributed by atoms with Crippen molar-refractivity contribution in [1.82, 2.24) is 20.9 Å². The molecule has 3 rings (SSSR count). The molecule has 0 bridgehead atoms. The molecule has 286 valence electrons. The number of aryl methyl sites for hydroxylation is 3. The quantitative estimate of drug-likeness (QED) is 0.0754. The van der Waals surface area contributed by atoms with E-state index in [-0.39, 0.29) is 49.7 Å². The summed E-state index contributed by atoms with van der Waals surface area (Å²) in [5.74, 6) is -2.33. The Morgan fingerprint density at radius 3 is 2.08 bits per heavy atom. The van der Waals surface area contributed by atoms with E-state index in [4.69, 9.17) is 5.73 Å². The van der Waals surface area contributed by atoms with Gasteiger partial charge in [0.1, 0.15) is 29.9 Å². The predicted octanol–water partition coefficient (Wildman–Crippen LogP) is 2.48. The van der Waals surface area contributed by atoms with Crippen molar-refractivity contribution in [2.75, 3.05) is 20.2 Å². The lowest BCUT2D eigenvalue weighted by Gasteiger charge is -2.29. The fourth-order valence-electron chi connectivity index (χ4n) is 5.85. The highest BCUT2D eigenvalue weighted by Gasteiger charge is 2.29. The number of aliphatic hydroxyl groups excluding tert-OH is 1. The Morgan fingerprint density at radius 2 is 1.47 bits per heavy atom. The van der Waals surface area contributed by atoms with Gasteiger partial charge in [0, 0.05) is 26.4 Å². The Labute approximate surface area is 310 Å². The van der Waals surface area contributed by atoms with Gasteiger partial charge in [-0.2, -0.15) is 0 Å². The molecule has 3 aromatic rings. The van der Waals surface area contributed by atoms with Crippen molar-refractivity contribution < 1.29 is 38.6 Å². The van der Waals surface area contributed by atoms with Crippen LogP contribution in [0.3, 0.4) is 0 Å². The van der Waals surface area contributed by atoms with E-state index in [1.165, 1.54) is 41.8 Å². The monoisotopic (exact) mass is 733 g/mol. The van der Waals surface area contributed by atoms with Crippen molar-refractivity contribution in [3.63, 3.8) is 0 Å². The second-order valence-electron chi connectivity index (χ2n) is 13.5. The van der Waals surface area contributed by atoms with Gasteiger partial charge in [-0.15, -0.1) is 0 Å². The smallest absolute Gasteiger partial charge is 0.244 e. The van der Waals surface area contributed by atoms with Crippen molar-refractivity contribution >= 4 is 29.9 Å². The number of aliphatic hydroxyl groups is 1. The van der Waals surface area contributed by atoms with Crippen LogP contribution >= 0.6 is 0 Å². The summed E-state index contributed by atoms with van der Waals surface area (Å²) >= 11 is 0. The first-order valence-corrected chi connectivity index (χ1v) is 17.8. The second kappa shape index (κ2) is 20.8. The lowest BCUT2D eigenvalue weighted by atomic mass is 9.97. The number of nitrogens with two attached hydrogens (primary N) is 1. The van der Waals surface area contributed by atoms with E-state index in [0.717, 1.165) is 22.3 Å². The molecule has 0 saturated carbocycles. The number of hydrogen-bond donors (Lipinski definition) is 6. The minimum absolute atomic E-state index is 0.0514. The Morgan fingerprint density at radius 1 is 0.849 bits per heavy atom. The highest BCUT2D eigenvalue weighted by molar-refractivity contribution is 5.90. The molecule has 0 aliphatic heterocycles. The first-order valence-electron chi connectivity index (χ1n) is 17.8. The molecule has 0 aromatic heterocycles. The van der Waals surface area contributed by atoms with Gasteiger partial charge < -0.3 is 41.6 Å². The molecule has 12 nitrogen and oxygen atoms in total. The normalized spacial score (nSPS) is 13.3. The fourth-order valence-corrected chi connectivity index (χ4v) is 5.85. The van der Waals surface area contributed by atoms with Gasteiger partial charge in [0.15, 0.2) is 0 Å². The van der Waals surface area contributed by atoms with Crippen LogP contribution in [0, 0.1) is 26.6 Å². The molecule has 4 atom stereocenters. The van der Waals surface area contributed by atoms with Crippen molar-refractivity contribution in [2.24, 2.45) is 5.73 Å². The molecule has 0 heterocycles. The van der Waals surface area contributed by atoms with E-state index >= 15 is 0 Å². The van der Waals surface area contributed by atoms with Crippen molar-refractivity contribution in [1.29, 1.82) is 0 Å². The molecule has 0 unspecified atom stereocenters. The van der Waals surface area contributed by atoms with Crippen LogP contribution in [0.15, 0.2) is 60.7 Å². The molecular formula is C40H52FN5O7. The first kappa shape index (κ1) is 42.3. The summed E-state index contributed by atoms with van der Waals surface area (Å²) in [7, 11) is 1.51. The number of hydrogen-bond acceptors (Lipinski definition) is 8. The minimum Gasteiger partial charge on any atom is -0.508 e. The molecule has 0 aliphatic rings. The molecule has 0 spiro atoms. The van der Waals surface area contributed by atoms with Crippen LogP contribution in [0.4, 0.5) is 4.39 Å². The molecular weight excluding hydrogens is 681 g/mol. The second-order valence-corrected chi connectivity index (χ2v) is 13.5. The number of unbranched alkanes of at least 4 members (excludes halogenated alkanes) is 1. The van der Waals surface area contributed by atoms with Gasteiger partial charge in [-0.3, -0.25) is 19.2 Å². The average molecular weight is 734 g/mol. The number of nitrogens with zero attached hydrogens (tertiary/aromatic N) is 1. The highest BCUT2D eigenvalue weighted by Crippen LogP contribution is 2.18. The van der Waals surface area contributed by atoms with E-state index in [2.05, 4.69) is 16.0 Å². The molecule has 13 heteroatoms. The number of carbonyl (C=O) groups excluding carboxylic acids is 5. The number of likely N-dealkylation sites (N-methyl/N-ethyl adjacent to an activating group) is 1. The average Bonchev–Trinajstić information content (AvgIpc) is 3.14. The van der Waals surface area contributed by atoms with Crippen molar-refractivity contribution in [3.8, 4) is 5.75 Å². The van der Waals surface area contributed by atoms with Crippen LogP contribution < -0.4 is 21.7 Å². The SMILES string of the molecule is Cc1cc(C[C@H](N)C(=O)N[C@@H](CO)C(=O)NCCCC[C@H](C=O)NC(=O)[C@H](Cc2ccc(O)cc2)N(C)C(=O)CCc2ccc(F)cc2)cc(C)c1C. The topological polar surface area (TPSA) is 191 Å². The molecule has 4 amide bonds. The minimum atomic E-state index is -1.20. The summed E-state index contributed by atoms with van der Waals surface area (Å²) < 4.78 is 13.3. The van der Waals surface area contributed by atoms with Crippen molar-refractivity contribution in [2.45, 2.75) is 89.9 Å². The zero-order valence-electron chi connectivity index (χ0n) is 30.9. The molecule has 0 saturated heterocycles. The van der Waals surface area contributed by atoms with E-state index < -0.39 is 48.5 Å². The van der Waals surface area contributed by atoms with E-state index in [1.807, 2.05) is 32.9 Å². The van der Waals surface area contributed by atoms with Gasteiger partial charge in [-0.25, -0.2) is 4.39 Å². The Kier molecular flexibility index (Phi) is 16.6. The van der Waals surface area contributed by atoms with Gasteiger partial charge in [0.2, 0.25) is 23.6 Å². The van der Waals surface area contributed by atoms with Crippen LogP contribution in [-0.4, -0.2) is 89.4 Å². The molecule has 0 radical (unpaired) electrons. The molecule has 0 aliphatic carbocycles. The van der Waals surface area contributed by atoms with Crippen LogP contribution in [0.25, 0.3) is 0 Å². The maximum Gasteiger partial charge on any atom is 0.244 e. The number of phenolic OH excluding ortho intramolecular Hbond substituents is 1. The summed E-state index contributed by atoms with van der Waals surface area (Å²) in [5.41, 5.74) is 11.8. The maximum atomic E-state index is 13.5. The lowest BCUT2D eigenvalue weighted by Crippen LogP contribution is -2.53. The van der Waals surface area contributed by atoms with E-state index in [1.54, 1.807) is 24.3 Å². The number of rotatable bonds is 20. The lowest BCUT2D eigenvalue weighted by molar-refractivity contribution is -0.139. The number of aromatic hydroxyl groups is 1. The van der Waals surface area contributed by atoms with E-state index in [0.29, 0.717) is 31.1 Å². The third-order valence-electron chi connectivity index (χ3n) is 9.40. The fraction of sp³-hybridized carbons (Fsp3) is 0.425. The molecule has 7 N–H and O–H groups in total. The van der Waals surface area contributed by atoms with Crippen LogP contribution in [0.1, 0.15) is 59.1 Å². The number of amides is 4. The molecule has 53 heavy (non-hydrogen) atoms. The number of nitrogens with one attached hydrogen (secondary N) is 3. The Balaban J connectivity index is 1.49. The molecule has 0 fully saturated rings.